The molecule has 0 aliphatic heterocycles. The van der Waals surface area contributed by atoms with Gasteiger partial charge >= 0.3 is 0 Å². The number of rotatable bonds is 4. The topological polar surface area (TPSA) is 46.1 Å². The van der Waals surface area contributed by atoms with Gasteiger partial charge in [-0.15, -0.1) is 0 Å². The Morgan fingerprint density at radius 1 is 1.00 bits per heavy atom. The fourth-order valence-electron chi connectivity index (χ4n) is 2.91. The van der Waals surface area contributed by atoms with E-state index in [0.29, 0.717) is 18.7 Å². The number of benzene rings is 2. The van der Waals surface area contributed by atoms with Crippen LogP contribution in [0.15, 0.2) is 48.5 Å². The maximum absolute atomic E-state index is 12.6. The van der Waals surface area contributed by atoms with Gasteiger partial charge in [-0.1, -0.05) is 30.3 Å². The number of aryl methyl sites for hydroxylation is 1. The Morgan fingerprint density at radius 2 is 1.75 bits per heavy atom. The van der Waals surface area contributed by atoms with E-state index in [9.17, 15) is 4.79 Å². The number of carbonyl (C=O) groups excluding carboxylic acids is 1. The van der Waals surface area contributed by atoms with Crippen LogP contribution in [-0.4, -0.2) is 33.9 Å². The minimum Gasteiger partial charge on any atom is -0.339 e. The van der Waals surface area contributed by atoms with Crippen molar-refractivity contribution in [3.05, 3.63) is 59.9 Å². The quantitative estimate of drug-likeness (QED) is 0.727. The second-order valence-electron chi connectivity index (χ2n) is 5.69. The molecular weight excluding hydrogens is 298 g/mol. The van der Waals surface area contributed by atoms with Gasteiger partial charge in [0.05, 0.1) is 11.2 Å². The Bertz CT molecular complexity index is 885. The van der Waals surface area contributed by atoms with Crippen molar-refractivity contribution < 1.29 is 4.79 Å². The van der Waals surface area contributed by atoms with Crippen LogP contribution < -0.4 is 0 Å². The monoisotopic (exact) mass is 319 g/mol. The third-order valence-corrected chi connectivity index (χ3v) is 4.15. The maximum Gasteiger partial charge on any atom is 0.253 e. The SMILES string of the molecule is CCN(CC)C(=O)c1cccc(-c2nc(C)nc3ccccc23)c1. The van der Waals surface area contributed by atoms with E-state index in [-0.39, 0.29) is 5.91 Å². The van der Waals surface area contributed by atoms with E-state index < -0.39 is 0 Å². The number of amides is 1. The zero-order valence-corrected chi connectivity index (χ0v) is 14.3. The summed E-state index contributed by atoms with van der Waals surface area (Å²) in [5.41, 5.74) is 3.42. The highest BCUT2D eigenvalue weighted by molar-refractivity contribution is 5.97. The molecule has 0 unspecified atom stereocenters. The van der Waals surface area contributed by atoms with E-state index in [1.807, 2.05) is 74.2 Å². The molecule has 3 aromatic rings. The van der Waals surface area contributed by atoms with Crippen LogP contribution in [0.3, 0.4) is 0 Å². The van der Waals surface area contributed by atoms with Crippen LogP contribution in [-0.2, 0) is 0 Å². The zero-order valence-electron chi connectivity index (χ0n) is 14.3. The van der Waals surface area contributed by atoms with E-state index in [0.717, 1.165) is 28.0 Å². The van der Waals surface area contributed by atoms with E-state index in [1.54, 1.807) is 0 Å². The van der Waals surface area contributed by atoms with Crippen molar-refractivity contribution in [2.24, 2.45) is 0 Å². The highest BCUT2D eigenvalue weighted by Crippen LogP contribution is 2.27. The van der Waals surface area contributed by atoms with E-state index >= 15 is 0 Å². The predicted octanol–water partition coefficient (Wildman–Crippen LogP) is 4.09. The Kier molecular flexibility index (Phi) is 4.56. The summed E-state index contributed by atoms with van der Waals surface area (Å²) in [7, 11) is 0. The summed E-state index contributed by atoms with van der Waals surface area (Å²) >= 11 is 0. The van der Waals surface area contributed by atoms with Gasteiger partial charge < -0.3 is 4.90 Å². The smallest absolute Gasteiger partial charge is 0.253 e. The number of nitrogens with zero attached hydrogens (tertiary/aromatic N) is 3. The summed E-state index contributed by atoms with van der Waals surface area (Å²) < 4.78 is 0. The van der Waals surface area contributed by atoms with Crippen molar-refractivity contribution in [3.63, 3.8) is 0 Å². The van der Waals surface area contributed by atoms with Gasteiger partial charge in [-0.3, -0.25) is 4.79 Å². The van der Waals surface area contributed by atoms with Crippen molar-refractivity contribution >= 4 is 16.8 Å². The fraction of sp³-hybridized carbons (Fsp3) is 0.250. The summed E-state index contributed by atoms with van der Waals surface area (Å²) in [6.45, 7) is 7.28. The van der Waals surface area contributed by atoms with Crippen molar-refractivity contribution in [3.8, 4) is 11.3 Å². The molecule has 0 aliphatic rings. The van der Waals surface area contributed by atoms with Crippen LogP contribution in [0.25, 0.3) is 22.2 Å². The molecule has 1 amide bonds. The number of carbonyl (C=O) groups is 1. The first kappa shape index (κ1) is 16.1. The van der Waals surface area contributed by atoms with Crippen LogP contribution >= 0.6 is 0 Å². The lowest BCUT2D eigenvalue weighted by Gasteiger charge is -2.19. The van der Waals surface area contributed by atoms with Gasteiger partial charge in [-0.2, -0.15) is 0 Å². The molecule has 122 valence electrons. The average Bonchev–Trinajstić information content (AvgIpc) is 2.62. The third kappa shape index (κ3) is 3.00. The van der Waals surface area contributed by atoms with Gasteiger partial charge in [-0.25, -0.2) is 9.97 Å². The number of hydrogen-bond donors (Lipinski definition) is 0. The molecule has 0 saturated carbocycles. The standard InChI is InChI=1S/C20H21N3O/c1-4-23(5-2)20(24)16-10-8-9-15(13-16)19-17-11-6-7-12-18(17)21-14(3)22-19/h6-13H,4-5H2,1-3H3. The van der Waals surface area contributed by atoms with Crippen LogP contribution in [0.5, 0.6) is 0 Å². The molecule has 2 aromatic carbocycles. The molecule has 0 radical (unpaired) electrons. The summed E-state index contributed by atoms with van der Waals surface area (Å²) in [6.07, 6.45) is 0. The van der Waals surface area contributed by atoms with E-state index in [1.165, 1.54) is 0 Å². The second kappa shape index (κ2) is 6.79. The molecule has 0 saturated heterocycles. The Balaban J connectivity index is 2.12. The molecule has 0 N–H and O–H groups in total. The number of hydrogen-bond acceptors (Lipinski definition) is 3. The summed E-state index contributed by atoms with van der Waals surface area (Å²) in [4.78, 5) is 23.5. The molecule has 24 heavy (non-hydrogen) atoms. The molecule has 0 spiro atoms. The van der Waals surface area contributed by atoms with Crippen molar-refractivity contribution in [1.82, 2.24) is 14.9 Å². The molecular formula is C20H21N3O. The lowest BCUT2D eigenvalue weighted by Crippen LogP contribution is -2.30. The van der Waals surface area contributed by atoms with Crippen LogP contribution in [0, 0.1) is 6.92 Å². The normalized spacial score (nSPS) is 10.8. The van der Waals surface area contributed by atoms with E-state index in [4.69, 9.17) is 0 Å². The molecule has 0 fully saturated rings. The van der Waals surface area contributed by atoms with Crippen molar-refractivity contribution in [1.29, 1.82) is 0 Å². The van der Waals surface area contributed by atoms with Gasteiger partial charge in [0.1, 0.15) is 5.82 Å². The lowest BCUT2D eigenvalue weighted by molar-refractivity contribution is 0.0773. The maximum atomic E-state index is 12.6. The molecule has 0 bridgehead atoms. The van der Waals surface area contributed by atoms with Crippen LogP contribution in [0.2, 0.25) is 0 Å². The largest absolute Gasteiger partial charge is 0.339 e. The molecule has 0 aliphatic carbocycles. The van der Waals surface area contributed by atoms with Gasteiger partial charge in [0.25, 0.3) is 5.91 Å². The first-order valence-corrected chi connectivity index (χ1v) is 8.27. The zero-order chi connectivity index (χ0) is 17.1. The molecule has 3 rings (SSSR count). The molecule has 4 heteroatoms. The minimum absolute atomic E-state index is 0.0527. The molecule has 1 aromatic heterocycles. The summed E-state index contributed by atoms with van der Waals surface area (Å²) in [5.74, 6) is 0.779. The molecule has 0 atom stereocenters. The van der Waals surface area contributed by atoms with Crippen molar-refractivity contribution in [2.75, 3.05) is 13.1 Å². The van der Waals surface area contributed by atoms with Gasteiger partial charge in [-0.05, 0) is 39.0 Å². The van der Waals surface area contributed by atoms with Crippen LogP contribution in [0.4, 0.5) is 0 Å². The highest BCUT2D eigenvalue weighted by Gasteiger charge is 2.14. The average molecular weight is 319 g/mol. The Morgan fingerprint density at radius 3 is 2.50 bits per heavy atom. The minimum atomic E-state index is 0.0527. The summed E-state index contributed by atoms with van der Waals surface area (Å²) in [5, 5.41) is 0.996. The van der Waals surface area contributed by atoms with Gasteiger partial charge in [0.15, 0.2) is 0 Å². The Labute approximate surface area is 142 Å². The van der Waals surface area contributed by atoms with Crippen molar-refractivity contribution in [2.45, 2.75) is 20.8 Å². The number of fused-ring (bicyclic) bond motifs is 1. The Hall–Kier alpha value is -2.75. The highest BCUT2D eigenvalue weighted by atomic mass is 16.2. The second-order valence-corrected chi connectivity index (χ2v) is 5.69. The van der Waals surface area contributed by atoms with Gasteiger partial charge in [0.2, 0.25) is 0 Å². The number of aromatic nitrogens is 2. The predicted molar refractivity (Wildman–Crippen MR) is 97.0 cm³/mol. The lowest BCUT2D eigenvalue weighted by atomic mass is 10.0. The van der Waals surface area contributed by atoms with Gasteiger partial charge in [0, 0.05) is 29.6 Å². The number of para-hydroxylation sites is 1. The van der Waals surface area contributed by atoms with E-state index in [2.05, 4.69) is 9.97 Å². The fourth-order valence-corrected chi connectivity index (χ4v) is 2.91. The first-order valence-electron chi connectivity index (χ1n) is 8.27. The third-order valence-electron chi connectivity index (χ3n) is 4.15. The summed E-state index contributed by atoms with van der Waals surface area (Å²) in [6, 6.07) is 15.6. The molecule has 1 heterocycles. The first-order chi connectivity index (χ1) is 11.6. The van der Waals surface area contributed by atoms with Crippen LogP contribution in [0.1, 0.15) is 30.0 Å². The molecule has 4 nitrogen and oxygen atoms in total.